The van der Waals surface area contributed by atoms with E-state index in [4.69, 9.17) is 9.47 Å². The molecule has 2 aliphatic heterocycles. The van der Waals surface area contributed by atoms with E-state index in [2.05, 4.69) is 15.0 Å². The van der Waals surface area contributed by atoms with Crippen molar-refractivity contribution in [3.05, 3.63) is 90.3 Å². The molecule has 2 bridgehead atoms. The molecular formula is C30H33N5O5. The van der Waals surface area contributed by atoms with Gasteiger partial charge in [0.1, 0.15) is 0 Å². The van der Waals surface area contributed by atoms with Crippen LogP contribution in [0, 0.1) is 10.8 Å². The predicted octanol–water partition coefficient (Wildman–Crippen LogP) is 2.78. The van der Waals surface area contributed by atoms with E-state index >= 15 is 4.79 Å². The van der Waals surface area contributed by atoms with Crippen molar-refractivity contribution in [1.29, 1.82) is 0 Å². The number of likely N-dealkylation sites (tertiary alicyclic amines) is 2. The van der Waals surface area contributed by atoms with Crippen molar-refractivity contribution in [2.45, 2.75) is 38.5 Å². The molecule has 3 aromatic rings. The summed E-state index contributed by atoms with van der Waals surface area (Å²) in [5.41, 5.74) is -1.89. The van der Waals surface area contributed by atoms with Crippen molar-refractivity contribution in [2.75, 3.05) is 27.3 Å². The molecule has 0 N–H and O–H groups in total. The first-order chi connectivity index (χ1) is 19.3. The Bertz CT molecular complexity index is 1290. The number of carbonyl (C=O) groups excluding carboxylic acids is 3. The van der Waals surface area contributed by atoms with Gasteiger partial charge in [0.05, 0.1) is 43.4 Å². The molecule has 0 saturated carbocycles. The summed E-state index contributed by atoms with van der Waals surface area (Å²) in [6.45, 7) is 4.24. The summed E-state index contributed by atoms with van der Waals surface area (Å²) in [6, 6.07) is 14.4. The van der Waals surface area contributed by atoms with Crippen molar-refractivity contribution in [3.63, 3.8) is 0 Å². The number of Topliss-reactive ketones (excluding diaryl/α,β-unsaturated/α-hetero) is 1. The van der Waals surface area contributed by atoms with Gasteiger partial charge in [0.2, 0.25) is 0 Å². The van der Waals surface area contributed by atoms with Gasteiger partial charge in [-0.05, 0) is 50.2 Å². The average Bonchev–Trinajstić information content (AvgIpc) is 2.98. The van der Waals surface area contributed by atoms with Crippen LogP contribution < -0.4 is 0 Å². The second-order valence-corrected chi connectivity index (χ2v) is 10.6. The molecule has 0 spiro atoms. The number of hydrogen-bond donors (Lipinski definition) is 0. The van der Waals surface area contributed by atoms with E-state index in [0.717, 1.165) is 0 Å². The number of carbonyl (C=O) groups is 3. The molecule has 2 saturated heterocycles. The van der Waals surface area contributed by atoms with Crippen molar-refractivity contribution in [1.82, 2.24) is 24.8 Å². The van der Waals surface area contributed by atoms with Crippen molar-refractivity contribution in [3.8, 4) is 0 Å². The molecule has 0 radical (unpaired) electrons. The van der Waals surface area contributed by atoms with Gasteiger partial charge >= 0.3 is 11.9 Å². The third kappa shape index (κ3) is 4.18. The van der Waals surface area contributed by atoms with Crippen molar-refractivity contribution < 1.29 is 23.9 Å². The Morgan fingerprint density at radius 2 is 1.30 bits per heavy atom. The fourth-order valence-electron chi connectivity index (χ4n) is 6.42. The standard InChI is InChI=1S/C30H33N5O5/c1-20(2)34-18-29(27(37)39-3)24(22-12-6-9-15-32-22)35(17-21-11-5-8-14-31-21)25(23-13-7-10-16-33-23)30(19-34,26(29)36)28(38)40-4/h5-16,20,24-25H,17-19H2,1-4H3. The number of fused-ring (bicyclic) bond motifs is 2. The van der Waals surface area contributed by atoms with Gasteiger partial charge in [-0.1, -0.05) is 18.2 Å². The summed E-state index contributed by atoms with van der Waals surface area (Å²) in [6.07, 6.45) is 4.94. The van der Waals surface area contributed by atoms with Gasteiger partial charge in [-0.25, -0.2) is 0 Å². The summed E-state index contributed by atoms with van der Waals surface area (Å²) in [5, 5.41) is 0. The summed E-state index contributed by atoms with van der Waals surface area (Å²) in [4.78, 5) is 61.0. The topological polar surface area (TPSA) is 115 Å². The van der Waals surface area contributed by atoms with Gasteiger partial charge in [0.25, 0.3) is 0 Å². The first kappa shape index (κ1) is 27.5. The summed E-state index contributed by atoms with van der Waals surface area (Å²) < 4.78 is 10.8. The van der Waals surface area contributed by atoms with E-state index in [1.807, 2.05) is 54.0 Å². The monoisotopic (exact) mass is 543 g/mol. The number of esters is 2. The molecular weight excluding hydrogens is 510 g/mol. The maximum atomic E-state index is 15.1. The van der Waals surface area contributed by atoms with Crippen molar-refractivity contribution in [2.24, 2.45) is 10.8 Å². The van der Waals surface area contributed by atoms with E-state index in [-0.39, 0.29) is 25.7 Å². The molecule has 10 heteroatoms. The molecule has 0 amide bonds. The lowest BCUT2D eigenvalue weighted by Gasteiger charge is -2.61. The number of methoxy groups -OCH3 is 2. The number of ketones is 1. The Balaban J connectivity index is 1.90. The van der Waals surface area contributed by atoms with Crippen LogP contribution in [0.3, 0.4) is 0 Å². The minimum atomic E-state index is -1.79. The van der Waals surface area contributed by atoms with Gasteiger partial charge in [-0.2, -0.15) is 0 Å². The molecule has 40 heavy (non-hydrogen) atoms. The number of nitrogens with zero attached hydrogens (tertiary/aromatic N) is 5. The molecule has 2 aliphatic rings. The molecule has 10 nitrogen and oxygen atoms in total. The van der Waals surface area contributed by atoms with Gasteiger partial charge in [-0.15, -0.1) is 0 Å². The zero-order valence-corrected chi connectivity index (χ0v) is 23.1. The highest BCUT2D eigenvalue weighted by molar-refractivity contribution is 6.17. The highest BCUT2D eigenvalue weighted by Gasteiger charge is 2.76. The van der Waals surface area contributed by atoms with Gasteiger partial charge < -0.3 is 9.47 Å². The number of pyridine rings is 3. The third-order valence-electron chi connectivity index (χ3n) is 8.15. The molecule has 5 heterocycles. The summed E-state index contributed by atoms with van der Waals surface area (Å²) in [5.74, 6) is -1.99. The lowest BCUT2D eigenvalue weighted by Crippen LogP contribution is -2.76. The number of aromatic nitrogens is 3. The van der Waals surface area contributed by atoms with Crippen LogP contribution in [0.4, 0.5) is 0 Å². The molecule has 4 atom stereocenters. The number of hydrogen-bond acceptors (Lipinski definition) is 10. The van der Waals surface area contributed by atoms with Gasteiger partial charge in [-0.3, -0.25) is 39.1 Å². The second-order valence-electron chi connectivity index (χ2n) is 10.6. The van der Waals surface area contributed by atoms with Crippen LogP contribution in [0.15, 0.2) is 73.2 Å². The fourth-order valence-corrected chi connectivity index (χ4v) is 6.42. The molecule has 5 rings (SSSR count). The largest absolute Gasteiger partial charge is 0.468 e. The molecule has 2 fully saturated rings. The van der Waals surface area contributed by atoms with E-state index in [1.54, 1.807) is 42.9 Å². The summed E-state index contributed by atoms with van der Waals surface area (Å²) >= 11 is 0. The lowest BCUT2D eigenvalue weighted by atomic mass is 9.54. The van der Waals surface area contributed by atoms with Gasteiger partial charge in [0, 0.05) is 44.3 Å². The maximum Gasteiger partial charge on any atom is 0.322 e. The first-order valence-electron chi connectivity index (χ1n) is 13.2. The highest BCUT2D eigenvalue weighted by atomic mass is 16.5. The normalized spacial score (nSPS) is 26.9. The van der Waals surface area contributed by atoms with Crippen LogP contribution in [0.5, 0.6) is 0 Å². The number of ether oxygens (including phenoxy) is 2. The SMILES string of the molecule is COC(=O)C12CN(C(C)C)CC(C(=O)OC)(C1=O)C(c1ccccn1)N(Cc1ccccn1)C2c1ccccn1. The zero-order valence-electron chi connectivity index (χ0n) is 23.1. The van der Waals surface area contributed by atoms with E-state index in [9.17, 15) is 9.59 Å². The zero-order chi connectivity index (χ0) is 28.5. The van der Waals surface area contributed by atoms with Crippen LogP contribution in [-0.2, 0) is 30.4 Å². The van der Waals surface area contributed by atoms with Gasteiger partial charge in [0.15, 0.2) is 16.6 Å². The second kappa shape index (κ2) is 10.9. The Hall–Kier alpha value is -4.02. The smallest absolute Gasteiger partial charge is 0.322 e. The maximum absolute atomic E-state index is 15.1. The Kier molecular flexibility index (Phi) is 7.48. The van der Waals surface area contributed by atoms with Crippen LogP contribution >= 0.6 is 0 Å². The molecule has 0 aromatic carbocycles. The Labute approximate surface area is 233 Å². The van der Waals surface area contributed by atoms with Crippen LogP contribution in [0.25, 0.3) is 0 Å². The van der Waals surface area contributed by atoms with E-state index in [1.165, 1.54) is 14.2 Å². The first-order valence-corrected chi connectivity index (χ1v) is 13.2. The fraction of sp³-hybridized carbons (Fsp3) is 0.400. The molecule has 3 aromatic heterocycles. The average molecular weight is 544 g/mol. The Morgan fingerprint density at radius 3 is 1.68 bits per heavy atom. The van der Waals surface area contributed by atoms with Crippen molar-refractivity contribution >= 4 is 17.7 Å². The number of rotatable bonds is 7. The molecule has 208 valence electrons. The van der Waals surface area contributed by atoms with Crippen LogP contribution in [0.1, 0.15) is 43.0 Å². The summed E-state index contributed by atoms with van der Waals surface area (Å²) in [7, 11) is 2.53. The Morgan fingerprint density at radius 1 is 0.825 bits per heavy atom. The minimum absolute atomic E-state index is 0.0455. The van der Waals surface area contributed by atoms with E-state index in [0.29, 0.717) is 17.1 Å². The number of piperidine rings is 2. The van der Waals surface area contributed by atoms with E-state index < -0.39 is 40.6 Å². The molecule has 0 aliphatic carbocycles. The quantitative estimate of drug-likeness (QED) is 0.325. The third-order valence-corrected chi connectivity index (χ3v) is 8.15. The lowest BCUT2D eigenvalue weighted by molar-refractivity contribution is -0.208. The molecule has 4 unspecified atom stereocenters. The highest BCUT2D eigenvalue weighted by Crippen LogP contribution is 2.61. The van der Waals surface area contributed by atoms with Crippen LogP contribution in [-0.4, -0.2) is 75.8 Å². The predicted molar refractivity (Wildman–Crippen MR) is 144 cm³/mol. The van der Waals surface area contributed by atoms with Crippen LogP contribution in [0.2, 0.25) is 0 Å². The minimum Gasteiger partial charge on any atom is -0.468 e.